The van der Waals surface area contributed by atoms with E-state index >= 15 is 0 Å². The Morgan fingerprint density at radius 3 is 2.13 bits per heavy atom. The van der Waals surface area contributed by atoms with Gasteiger partial charge in [0.25, 0.3) is 0 Å². The van der Waals surface area contributed by atoms with Crippen LogP contribution in [0.15, 0.2) is 162 Å². The molecule has 5 aromatic carbocycles. The highest BCUT2D eigenvalue weighted by Crippen LogP contribution is 2.37. The van der Waals surface area contributed by atoms with Crippen molar-refractivity contribution in [3.8, 4) is 0 Å². The molecule has 0 spiro atoms. The molecule has 228 valence electrons. The third kappa shape index (κ3) is 6.31. The molecule has 2 heterocycles. The number of aromatic nitrogens is 1. The molecular weight excluding hydrogens is 573 g/mol. The lowest BCUT2D eigenvalue weighted by molar-refractivity contribution is 0.664. The van der Waals surface area contributed by atoms with Crippen molar-refractivity contribution < 1.29 is 0 Å². The first kappa shape index (κ1) is 29.8. The van der Waals surface area contributed by atoms with E-state index in [-0.39, 0.29) is 6.17 Å². The van der Waals surface area contributed by atoms with Gasteiger partial charge < -0.3 is 5.32 Å². The molecule has 4 nitrogen and oxygen atoms in total. The van der Waals surface area contributed by atoms with Crippen LogP contribution in [0.2, 0.25) is 0 Å². The minimum absolute atomic E-state index is 0.207. The van der Waals surface area contributed by atoms with Gasteiger partial charge in [-0.15, -0.1) is 0 Å². The first-order valence-corrected chi connectivity index (χ1v) is 16.0. The fourth-order valence-corrected chi connectivity index (χ4v) is 6.20. The second-order valence-corrected chi connectivity index (χ2v) is 11.9. The van der Waals surface area contributed by atoms with Gasteiger partial charge in [-0.2, -0.15) is 0 Å². The number of nitrogens with one attached hydrogen (secondary N) is 1. The first-order valence-electron chi connectivity index (χ1n) is 16.0. The van der Waals surface area contributed by atoms with Crippen LogP contribution < -0.4 is 5.32 Å². The number of benzene rings is 5. The molecule has 0 fully saturated rings. The van der Waals surface area contributed by atoms with Gasteiger partial charge in [0.05, 0.1) is 5.71 Å². The second kappa shape index (κ2) is 13.2. The second-order valence-electron chi connectivity index (χ2n) is 11.9. The van der Waals surface area contributed by atoms with Crippen molar-refractivity contribution in [2.75, 3.05) is 0 Å². The van der Waals surface area contributed by atoms with E-state index in [1.807, 2.05) is 38.1 Å². The van der Waals surface area contributed by atoms with Crippen molar-refractivity contribution in [1.29, 1.82) is 0 Å². The normalized spacial score (nSPS) is 15.2. The maximum atomic E-state index is 5.15. The summed E-state index contributed by atoms with van der Waals surface area (Å²) in [5, 5.41) is 6.10. The van der Waals surface area contributed by atoms with Crippen molar-refractivity contribution in [3.63, 3.8) is 0 Å². The standard InChI is InChI=1S/C43H36N4/c1-29-15-10-11-21-34(29)39(27-31(3)45-42-30(2)16-14-26-44-42)37-24-25-38(36-23-13-12-22-35(36)37)41-28-40(32-17-6-4-7-18-32)46-43(47-41)33-19-8-5-9-20-33/h4-28,43,47H,1-3H3/b39-27+,45-31+. The summed E-state index contributed by atoms with van der Waals surface area (Å²) in [6.07, 6.45) is 5.96. The van der Waals surface area contributed by atoms with Crippen LogP contribution in [-0.4, -0.2) is 16.4 Å². The average molecular weight is 609 g/mol. The number of fused-ring (bicyclic) bond motifs is 1. The molecule has 1 atom stereocenters. The van der Waals surface area contributed by atoms with E-state index in [0.717, 1.165) is 56.3 Å². The number of aliphatic imine (C=N–C) groups is 2. The molecule has 0 aliphatic carbocycles. The molecule has 0 radical (unpaired) electrons. The summed E-state index contributed by atoms with van der Waals surface area (Å²) in [4.78, 5) is 14.6. The van der Waals surface area contributed by atoms with Crippen molar-refractivity contribution in [2.24, 2.45) is 9.98 Å². The predicted molar refractivity (Wildman–Crippen MR) is 197 cm³/mol. The predicted octanol–water partition coefficient (Wildman–Crippen LogP) is 10.2. The summed E-state index contributed by atoms with van der Waals surface area (Å²) in [5.41, 5.74) is 11.9. The van der Waals surface area contributed by atoms with Crippen molar-refractivity contribution in [1.82, 2.24) is 10.3 Å². The van der Waals surface area contributed by atoms with Crippen LogP contribution in [0, 0.1) is 13.8 Å². The maximum absolute atomic E-state index is 5.15. The molecule has 0 saturated heterocycles. The molecule has 7 rings (SSSR count). The Hall–Kier alpha value is -5.87. The van der Waals surface area contributed by atoms with Gasteiger partial charge in [-0.3, -0.25) is 4.99 Å². The Labute approximate surface area is 276 Å². The number of allylic oxidation sites excluding steroid dienone is 2. The molecule has 47 heavy (non-hydrogen) atoms. The van der Waals surface area contributed by atoms with Crippen LogP contribution in [0.25, 0.3) is 22.0 Å². The zero-order valence-electron chi connectivity index (χ0n) is 26.9. The Kier molecular flexibility index (Phi) is 8.40. The van der Waals surface area contributed by atoms with Crippen LogP contribution in [0.1, 0.15) is 52.0 Å². The van der Waals surface area contributed by atoms with Gasteiger partial charge in [0.2, 0.25) is 0 Å². The molecule has 0 bridgehead atoms. The number of pyridine rings is 1. The lowest BCUT2D eigenvalue weighted by Crippen LogP contribution is -2.25. The van der Waals surface area contributed by atoms with Gasteiger partial charge >= 0.3 is 0 Å². The van der Waals surface area contributed by atoms with E-state index in [9.17, 15) is 0 Å². The number of rotatable bonds is 7. The summed E-state index contributed by atoms with van der Waals surface area (Å²) >= 11 is 0. The largest absolute Gasteiger partial charge is 0.359 e. The molecule has 0 saturated carbocycles. The number of aryl methyl sites for hydroxylation is 2. The Morgan fingerprint density at radius 1 is 0.681 bits per heavy atom. The average Bonchev–Trinajstić information content (AvgIpc) is 3.12. The number of hydrogen-bond donors (Lipinski definition) is 1. The Morgan fingerprint density at radius 2 is 1.36 bits per heavy atom. The highest BCUT2D eigenvalue weighted by molar-refractivity contribution is 6.15. The molecule has 1 N–H and O–H groups in total. The van der Waals surface area contributed by atoms with Gasteiger partial charge in [0.1, 0.15) is 6.17 Å². The lowest BCUT2D eigenvalue weighted by atomic mass is 9.87. The van der Waals surface area contributed by atoms with E-state index in [4.69, 9.17) is 9.98 Å². The molecule has 1 aliphatic heterocycles. The number of nitrogens with zero attached hydrogens (tertiary/aromatic N) is 3. The lowest BCUT2D eigenvalue weighted by Gasteiger charge is -2.26. The van der Waals surface area contributed by atoms with Gasteiger partial charge in [-0.25, -0.2) is 9.98 Å². The molecule has 1 aromatic heterocycles. The van der Waals surface area contributed by atoms with E-state index in [1.54, 1.807) is 6.20 Å². The summed E-state index contributed by atoms with van der Waals surface area (Å²) in [7, 11) is 0. The van der Waals surface area contributed by atoms with E-state index in [1.165, 1.54) is 21.9 Å². The zero-order valence-corrected chi connectivity index (χ0v) is 26.9. The zero-order chi connectivity index (χ0) is 32.2. The van der Waals surface area contributed by atoms with Crippen molar-refractivity contribution >= 4 is 39.3 Å². The van der Waals surface area contributed by atoms with Crippen LogP contribution >= 0.6 is 0 Å². The Bertz CT molecular complexity index is 2190. The van der Waals surface area contributed by atoms with Gasteiger partial charge in [-0.05, 0) is 88.7 Å². The minimum atomic E-state index is -0.207. The van der Waals surface area contributed by atoms with Gasteiger partial charge in [0, 0.05) is 23.2 Å². The topological polar surface area (TPSA) is 49.6 Å². The summed E-state index contributed by atoms with van der Waals surface area (Å²) in [6, 6.07) is 46.6. The van der Waals surface area contributed by atoms with E-state index in [2.05, 4.69) is 139 Å². The number of hydrogen-bond acceptors (Lipinski definition) is 4. The molecule has 6 aromatic rings. The molecule has 4 heteroatoms. The molecule has 0 amide bonds. The van der Waals surface area contributed by atoms with Crippen LogP contribution in [-0.2, 0) is 0 Å². The minimum Gasteiger partial charge on any atom is -0.359 e. The first-order chi connectivity index (χ1) is 23.0. The summed E-state index contributed by atoms with van der Waals surface area (Å²) in [6.45, 7) is 6.26. The van der Waals surface area contributed by atoms with Crippen molar-refractivity contribution in [2.45, 2.75) is 26.9 Å². The molecule has 1 aliphatic rings. The summed E-state index contributed by atoms with van der Waals surface area (Å²) in [5.74, 6) is 0.741. The van der Waals surface area contributed by atoms with E-state index < -0.39 is 0 Å². The maximum Gasteiger partial charge on any atom is 0.154 e. The molecule has 1 unspecified atom stereocenters. The monoisotopic (exact) mass is 608 g/mol. The fraction of sp³-hybridized carbons (Fsp3) is 0.0930. The van der Waals surface area contributed by atoms with Crippen LogP contribution in [0.4, 0.5) is 5.82 Å². The molecular formula is C43H36N4. The van der Waals surface area contributed by atoms with Gasteiger partial charge in [-0.1, -0.05) is 127 Å². The Balaban J connectivity index is 1.39. The SMILES string of the molecule is CC(/C=C(\c1ccccc1C)c1ccc(C2=CC(c3ccccc3)=NC(c3ccccc3)N2)c2ccccc12)=N\c1ncccc1C. The van der Waals surface area contributed by atoms with Crippen LogP contribution in [0.3, 0.4) is 0 Å². The quantitative estimate of drug-likeness (QED) is 0.183. The highest BCUT2D eigenvalue weighted by Gasteiger charge is 2.22. The van der Waals surface area contributed by atoms with E-state index in [0.29, 0.717) is 0 Å². The third-order valence-electron chi connectivity index (χ3n) is 8.58. The highest BCUT2D eigenvalue weighted by atomic mass is 15.1. The van der Waals surface area contributed by atoms with Crippen LogP contribution in [0.5, 0.6) is 0 Å². The fourth-order valence-electron chi connectivity index (χ4n) is 6.20. The third-order valence-corrected chi connectivity index (χ3v) is 8.58. The van der Waals surface area contributed by atoms with Gasteiger partial charge in [0.15, 0.2) is 5.82 Å². The summed E-state index contributed by atoms with van der Waals surface area (Å²) < 4.78 is 0. The smallest absolute Gasteiger partial charge is 0.154 e. The van der Waals surface area contributed by atoms with Crippen molar-refractivity contribution in [3.05, 3.63) is 191 Å².